The van der Waals surface area contributed by atoms with Gasteiger partial charge in [0.25, 0.3) is 0 Å². The number of hydrogen-bond donors (Lipinski definition) is 1. The van der Waals surface area contributed by atoms with Crippen LogP contribution in [0.3, 0.4) is 0 Å². The quantitative estimate of drug-likeness (QED) is 0.651. The second-order valence-electron chi connectivity index (χ2n) is 3.56. The number of nitrogens with zero attached hydrogens (tertiary/aromatic N) is 2. The third kappa shape index (κ3) is 2.97. The van der Waals surface area contributed by atoms with Gasteiger partial charge >= 0.3 is 0 Å². The number of aryl methyl sites for hydroxylation is 1. The average Bonchev–Trinajstić information content (AvgIpc) is 2.27. The van der Waals surface area contributed by atoms with Crippen molar-refractivity contribution < 1.29 is 0 Å². The highest BCUT2D eigenvalue weighted by Crippen LogP contribution is 2.21. The van der Waals surface area contributed by atoms with Gasteiger partial charge in [-0.15, -0.1) is 11.8 Å². The van der Waals surface area contributed by atoms with Crippen LogP contribution in [0, 0.1) is 6.92 Å². The van der Waals surface area contributed by atoms with E-state index in [2.05, 4.69) is 41.2 Å². The molecule has 0 amide bonds. The lowest BCUT2D eigenvalue weighted by molar-refractivity contribution is 1.05. The summed E-state index contributed by atoms with van der Waals surface area (Å²) in [5.41, 5.74) is 8.16. The molecule has 2 aromatic rings. The molecule has 2 N–H and O–H groups in total. The summed E-state index contributed by atoms with van der Waals surface area (Å²) in [6.07, 6.45) is 1.49. The van der Waals surface area contributed by atoms with Gasteiger partial charge in [0.05, 0.1) is 0 Å². The zero-order chi connectivity index (χ0) is 11.4. The predicted molar refractivity (Wildman–Crippen MR) is 67.2 cm³/mol. The van der Waals surface area contributed by atoms with Gasteiger partial charge in [-0.2, -0.15) is 0 Å². The molecule has 1 heterocycles. The highest BCUT2D eigenvalue weighted by Gasteiger charge is 1.98. The van der Waals surface area contributed by atoms with E-state index >= 15 is 0 Å². The van der Waals surface area contributed by atoms with Gasteiger partial charge in [0.15, 0.2) is 0 Å². The van der Waals surface area contributed by atoms with Crippen LogP contribution in [0.25, 0.3) is 0 Å². The Morgan fingerprint density at radius 1 is 1.25 bits per heavy atom. The van der Waals surface area contributed by atoms with Crippen molar-refractivity contribution in [1.82, 2.24) is 9.97 Å². The predicted octanol–water partition coefficient (Wildman–Crippen LogP) is 2.66. The molecular weight excluding hydrogens is 218 g/mol. The van der Waals surface area contributed by atoms with E-state index in [4.69, 9.17) is 5.73 Å². The molecule has 0 aliphatic rings. The molecule has 0 aliphatic heterocycles. The molecule has 0 bridgehead atoms. The van der Waals surface area contributed by atoms with Crippen LogP contribution >= 0.6 is 11.8 Å². The van der Waals surface area contributed by atoms with E-state index in [1.54, 1.807) is 17.8 Å². The molecule has 2 rings (SSSR count). The largest absolute Gasteiger partial charge is 0.384 e. The lowest BCUT2D eigenvalue weighted by Gasteiger charge is -2.02. The molecule has 0 atom stereocenters. The van der Waals surface area contributed by atoms with Gasteiger partial charge in [-0.05, 0) is 12.5 Å². The van der Waals surface area contributed by atoms with E-state index in [0.29, 0.717) is 5.82 Å². The molecule has 0 aliphatic carbocycles. The zero-order valence-electron chi connectivity index (χ0n) is 9.05. The maximum absolute atomic E-state index is 5.59. The number of rotatable bonds is 3. The molecule has 3 nitrogen and oxygen atoms in total. The number of nitrogen functional groups attached to an aromatic ring is 1. The van der Waals surface area contributed by atoms with Crippen LogP contribution in [0.1, 0.15) is 11.1 Å². The van der Waals surface area contributed by atoms with Crippen LogP contribution in [-0.4, -0.2) is 9.97 Å². The minimum atomic E-state index is 0.516. The average molecular weight is 231 g/mol. The van der Waals surface area contributed by atoms with Crippen LogP contribution in [0.5, 0.6) is 0 Å². The van der Waals surface area contributed by atoms with Crippen LogP contribution in [0.4, 0.5) is 5.82 Å². The van der Waals surface area contributed by atoms with Gasteiger partial charge in [-0.3, -0.25) is 0 Å². The van der Waals surface area contributed by atoms with Crippen LogP contribution in [0.2, 0.25) is 0 Å². The molecule has 16 heavy (non-hydrogen) atoms. The van der Waals surface area contributed by atoms with Crippen molar-refractivity contribution in [2.45, 2.75) is 17.7 Å². The second kappa shape index (κ2) is 4.99. The minimum absolute atomic E-state index is 0.516. The van der Waals surface area contributed by atoms with E-state index in [9.17, 15) is 0 Å². The van der Waals surface area contributed by atoms with Crippen molar-refractivity contribution in [2.75, 3.05) is 5.73 Å². The highest BCUT2D eigenvalue weighted by molar-refractivity contribution is 7.98. The Labute approximate surface area is 99.1 Å². The van der Waals surface area contributed by atoms with Gasteiger partial charge in [0.2, 0.25) is 0 Å². The molecule has 0 spiro atoms. The summed E-state index contributed by atoms with van der Waals surface area (Å²) in [6.45, 7) is 2.09. The van der Waals surface area contributed by atoms with E-state index in [1.165, 1.54) is 17.5 Å². The van der Waals surface area contributed by atoms with Crippen LogP contribution in [0.15, 0.2) is 41.7 Å². The monoisotopic (exact) mass is 231 g/mol. The first-order valence-corrected chi connectivity index (χ1v) is 5.98. The third-order valence-electron chi connectivity index (χ3n) is 2.13. The summed E-state index contributed by atoms with van der Waals surface area (Å²) in [4.78, 5) is 8.01. The van der Waals surface area contributed by atoms with Gasteiger partial charge < -0.3 is 5.73 Å². The number of aromatic nitrogens is 2. The Bertz CT molecular complexity index is 440. The van der Waals surface area contributed by atoms with Crippen LogP contribution in [-0.2, 0) is 5.75 Å². The Balaban J connectivity index is 2.02. The molecule has 4 heteroatoms. The Morgan fingerprint density at radius 3 is 2.88 bits per heavy atom. The molecule has 0 saturated heterocycles. The first-order valence-electron chi connectivity index (χ1n) is 5.00. The highest BCUT2D eigenvalue weighted by atomic mass is 32.2. The van der Waals surface area contributed by atoms with Gasteiger partial charge in [-0.25, -0.2) is 9.97 Å². The Kier molecular flexibility index (Phi) is 3.41. The first kappa shape index (κ1) is 11.0. The van der Waals surface area contributed by atoms with Crippen molar-refractivity contribution in [1.29, 1.82) is 0 Å². The Hall–Kier alpha value is -1.55. The van der Waals surface area contributed by atoms with Gasteiger partial charge in [-0.1, -0.05) is 29.8 Å². The fourth-order valence-corrected chi connectivity index (χ4v) is 2.21. The molecular formula is C12H13N3S. The number of thioether (sulfide) groups is 1. The summed E-state index contributed by atoms with van der Waals surface area (Å²) in [5.74, 6) is 1.42. The lowest BCUT2D eigenvalue weighted by Crippen LogP contribution is -1.91. The second-order valence-corrected chi connectivity index (χ2v) is 4.55. The number of nitrogens with two attached hydrogens (primary N) is 1. The van der Waals surface area contributed by atoms with Gasteiger partial charge in [0.1, 0.15) is 17.2 Å². The molecule has 0 unspecified atom stereocenters. The fourth-order valence-electron chi connectivity index (χ4n) is 1.39. The van der Waals surface area contributed by atoms with E-state index < -0.39 is 0 Å². The topological polar surface area (TPSA) is 51.8 Å². The first-order chi connectivity index (χ1) is 7.74. The zero-order valence-corrected chi connectivity index (χ0v) is 9.87. The van der Waals surface area contributed by atoms with E-state index in [-0.39, 0.29) is 0 Å². The smallest absolute Gasteiger partial charge is 0.127 e. The summed E-state index contributed by atoms with van der Waals surface area (Å²) in [5, 5.41) is 0.911. The van der Waals surface area contributed by atoms with Crippen molar-refractivity contribution in [2.24, 2.45) is 0 Å². The molecule has 0 fully saturated rings. The Morgan fingerprint density at radius 2 is 2.12 bits per heavy atom. The maximum atomic E-state index is 5.59. The number of anilines is 1. The molecule has 0 saturated carbocycles. The normalized spacial score (nSPS) is 10.3. The van der Waals surface area contributed by atoms with Crippen molar-refractivity contribution in [3.63, 3.8) is 0 Å². The number of benzene rings is 1. The summed E-state index contributed by atoms with van der Waals surface area (Å²) in [7, 11) is 0. The minimum Gasteiger partial charge on any atom is -0.384 e. The van der Waals surface area contributed by atoms with Crippen molar-refractivity contribution in [3.8, 4) is 0 Å². The molecule has 82 valence electrons. The SMILES string of the molecule is Cc1cccc(CSc2cc(N)ncn2)c1. The lowest BCUT2D eigenvalue weighted by atomic mass is 10.2. The van der Waals surface area contributed by atoms with Crippen molar-refractivity contribution >= 4 is 17.6 Å². The third-order valence-corrected chi connectivity index (χ3v) is 3.13. The van der Waals surface area contributed by atoms with Crippen LogP contribution < -0.4 is 5.73 Å². The standard InChI is InChI=1S/C12H13N3S/c1-9-3-2-4-10(5-9)7-16-12-6-11(13)14-8-15-12/h2-6,8H,7H2,1H3,(H2,13,14,15). The van der Waals surface area contributed by atoms with E-state index in [1.807, 2.05) is 0 Å². The summed E-state index contributed by atoms with van der Waals surface area (Å²) >= 11 is 1.67. The van der Waals surface area contributed by atoms with Gasteiger partial charge in [0, 0.05) is 11.8 Å². The summed E-state index contributed by atoms with van der Waals surface area (Å²) in [6, 6.07) is 10.2. The van der Waals surface area contributed by atoms with E-state index in [0.717, 1.165) is 10.8 Å². The molecule has 0 radical (unpaired) electrons. The summed E-state index contributed by atoms with van der Waals surface area (Å²) < 4.78 is 0. The van der Waals surface area contributed by atoms with Crippen molar-refractivity contribution in [3.05, 3.63) is 47.8 Å². The number of hydrogen-bond acceptors (Lipinski definition) is 4. The fraction of sp³-hybridized carbons (Fsp3) is 0.167. The maximum Gasteiger partial charge on any atom is 0.127 e. The molecule has 1 aromatic heterocycles. The molecule has 1 aromatic carbocycles.